The van der Waals surface area contributed by atoms with E-state index in [0.717, 1.165) is 6.20 Å². The van der Waals surface area contributed by atoms with Crippen molar-refractivity contribution in [3.8, 4) is 0 Å². The molecule has 1 aliphatic carbocycles. The number of primary amides is 1. The molecule has 4 N–H and O–H groups in total. The molecule has 0 aromatic carbocycles. The monoisotopic (exact) mass is 292 g/mol. The molecule has 1 fully saturated rings. The molecule has 0 radical (unpaired) electrons. The fourth-order valence-corrected chi connectivity index (χ4v) is 1.68. The summed E-state index contributed by atoms with van der Waals surface area (Å²) in [4.78, 5) is 18.8. The highest BCUT2D eigenvalue weighted by atomic mass is 35.5. The largest absolute Gasteiger partial charge is 0.393 e. The van der Waals surface area contributed by atoms with Crippen molar-refractivity contribution in [3.63, 3.8) is 0 Å². The van der Waals surface area contributed by atoms with Crippen molar-refractivity contribution in [1.82, 2.24) is 9.97 Å². The first-order chi connectivity index (χ1) is 12.0. The Morgan fingerprint density at radius 2 is 2.63 bits per heavy atom. The fourth-order valence-electron chi connectivity index (χ4n) is 1.55. The Kier molecular flexibility index (Phi) is 2.06. The van der Waals surface area contributed by atoms with Crippen molar-refractivity contribution in [2.24, 2.45) is 11.7 Å². The predicted molar refractivity (Wildman–Crippen MR) is 72.0 cm³/mol. The van der Waals surface area contributed by atoms with Gasteiger partial charge >= 0.3 is 0 Å². The first-order valence-electron chi connectivity index (χ1n) is 9.33. The number of carbonyl (C=O) groups is 1. The summed E-state index contributed by atoms with van der Waals surface area (Å²) in [5, 5.41) is 12.5. The van der Waals surface area contributed by atoms with E-state index >= 15 is 0 Å². The van der Waals surface area contributed by atoms with Gasteiger partial charge in [-0.2, -0.15) is 4.98 Å². The van der Waals surface area contributed by atoms with Crippen LogP contribution in [-0.2, 0) is 0 Å². The van der Waals surface area contributed by atoms with Gasteiger partial charge in [0.15, 0.2) is 0 Å². The number of carbonyl (C=O) groups excluding carboxylic acids is 1. The molecule has 6 nitrogen and oxygen atoms in total. The minimum Gasteiger partial charge on any atom is -0.393 e. The number of anilines is 1. The molecule has 2 rings (SSSR count). The molecular weight excluding hydrogens is 268 g/mol. The number of nitrogens with zero attached hydrogens (tertiary/aromatic N) is 2. The number of aromatic nitrogens is 2. The Hall–Kier alpha value is -1.40. The zero-order valence-electron chi connectivity index (χ0n) is 17.6. The lowest BCUT2D eigenvalue weighted by atomic mass is 9.85. The Labute approximate surface area is 127 Å². The number of nitrogens with two attached hydrogens (primary N) is 1. The lowest BCUT2D eigenvalue weighted by Gasteiger charge is -2.32. The molecule has 104 valence electrons. The molecule has 0 saturated heterocycles. The summed E-state index contributed by atoms with van der Waals surface area (Å²) < 4.78 is 62.6. The fraction of sp³-hybridized carbons (Fsp3) is 0.583. The molecule has 1 aromatic rings. The van der Waals surface area contributed by atoms with E-state index in [-0.39, 0.29) is 16.7 Å². The first-order valence-corrected chi connectivity index (χ1v) is 5.71. The first kappa shape index (κ1) is 6.85. The lowest BCUT2D eigenvalue weighted by Crippen LogP contribution is -2.35. The highest BCUT2D eigenvalue weighted by Gasteiger charge is 2.27. The van der Waals surface area contributed by atoms with Crippen LogP contribution in [0.2, 0.25) is 5.28 Å². The second-order valence-electron chi connectivity index (χ2n) is 3.83. The zero-order valence-corrected chi connectivity index (χ0v) is 10.4. The molecule has 0 spiro atoms. The minimum absolute atomic E-state index is 0.276. The molecule has 1 aromatic heterocycles. The predicted octanol–water partition coefficient (Wildman–Crippen LogP) is 1.19. The smallest absolute Gasteiger partial charge is 0.254 e. The van der Waals surface area contributed by atoms with E-state index in [2.05, 4.69) is 15.3 Å². The van der Waals surface area contributed by atoms with E-state index < -0.39 is 50.0 Å². The Balaban J connectivity index is 2.52. The van der Waals surface area contributed by atoms with Gasteiger partial charge in [0.1, 0.15) is 5.82 Å². The summed E-state index contributed by atoms with van der Waals surface area (Å²) in [6, 6.07) is -1.63. The molecule has 3 atom stereocenters. The molecule has 3 unspecified atom stereocenters. The molecule has 0 bridgehead atoms. The van der Waals surface area contributed by atoms with Crippen molar-refractivity contribution < 1.29 is 20.9 Å². The van der Waals surface area contributed by atoms with Gasteiger partial charge < -0.3 is 16.2 Å². The molecule has 19 heavy (non-hydrogen) atoms. The van der Waals surface area contributed by atoms with Crippen molar-refractivity contribution in [3.05, 3.63) is 17.0 Å². The second kappa shape index (κ2) is 5.71. The lowest BCUT2D eigenvalue weighted by molar-refractivity contribution is 0.0739. The van der Waals surface area contributed by atoms with Crippen LogP contribution in [0.4, 0.5) is 5.82 Å². The van der Waals surface area contributed by atoms with Gasteiger partial charge in [0.05, 0.1) is 13.0 Å². The maximum atomic E-state index is 11.5. The van der Waals surface area contributed by atoms with E-state index in [4.69, 9.17) is 28.3 Å². The third-order valence-electron chi connectivity index (χ3n) is 2.46. The molecule has 7 heteroatoms. The van der Waals surface area contributed by atoms with Crippen molar-refractivity contribution in [2.75, 3.05) is 5.32 Å². The number of halogens is 1. The Morgan fingerprint density at radius 3 is 3.32 bits per heavy atom. The highest BCUT2D eigenvalue weighted by molar-refractivity contribution is 6.28. The van der Waals surface area contributed by atoms with E-state index in [1.165, 1.54) is 0 Å². The second-order valence-corrected chi connectivity index (χ2v) is 4.17. The van der Waals surface area contributed by atoms with Gasteiger partial charge in [0.2, 0.25) is 5.28 Å². The van der Waals surface area contributed by atoms with E-state index in [1.54, 1.807) is 0 Å². The summed E-state index contributed by atoms with van der Waals surface area (Å²) in [5.41, 5.74) is 4.92. The molecule has 1 amide bonds. The molecule has 1 heterocycles. The van der Waals surface area contributed by atoms with Gasteiger partial charge in [-0.1, -0.05) is 6.85 Å². The standard InChI is InChI=1S/C12H17ClN4O2/c1-6-2-3-7(4-9(6)18)16-11-8(10(14)19)5-15-12(13)17-11/h5-7,9,18H,2-4H2,1H3,(H2,14,19)(H,15,16,17)/i1D3,2D2,4D2,9D. The normalized spacial score (nSPS) is 43.1. The summed E-state index contributed by atoms with van der Waals surface area (Å²) in [6.07, 6.45) is -8.66. The van der Waals surface area contributed by atoms with Crippen LogP contribution in [0.1, 0.15) is 47.3 Å². The number of rotatable bonds is 3. The number of amides is 1. The molecule has 1 aliphatic rings. The van der Waals surface area contributed by atoms with Gasteiger partial charge in [-0.25, -0.2) is 4.98 Å². The summed E-state index contributed by atoms with van der Waals surface area (Å²) in [7, 11) is 0. The molecular formula is C12H17ClN4O2. The van der Waals surface area contributed by atoms with Crippen LogP contribution in [0.3, 0.4) is 0 Å². The molecule has 1 saturated carbocycles. The van der Waals surface area contributed by atoms with Crippen molar-refractivity contribution >= 4 is 23.3 Å². The maximum Gasteiger partial charge on any atom is 0.254 e. The van der Waals surface area contributed by atoms with Crippen LogP contribution in [0, 0.1) is 5.92 Å². The number of hydrogen-bond acceptors (Lipinski definition) is 5. The minimum atomic E-state index is -3.32. The van der Waals surface area contributed by atoms with Crippen LogP contribution >= 0.6 is 11.6 Å². The number of aliphatic hydroxyl groups is 1. The zero-order chi connectivity index (χ0) is 21.0. The summed E-state index contributed by atoms with van der Waals surface area (Å²) >= 11 is 5.66. The van der Waals surface area contributed by atoms with Gasteiger partial charge in [0.25, 0.3) is 5.91 Å². The van der Waals surface area contributed by atoms with Gasteiger partial charge in [-0.3, -0.25) is 4.79 Å². The quantitative estimate of drug-likeness (QED) is 0.727. The third kappa shape index (κ3) is 3.33. The SMILES string of the molecule is [2H]C([2H])([2H])C1C([2H])([2H])CC(Nc2nc(Cl)ncc2C(N)=O)C([2H])([2H])C1([2H])O. The van der Waals surface area contributed by atoms with E-state index in [0.29, 0.717) is 0 Å². The van der Waals surface area contributed by atoms with Crippen LogP contribution in [0.5, 0.6) is 0 Å². The summed E-state index contributed by atoms with van der Waals surface area (Å²) in [5.74, 6) is -3.61. The topological polar surface area (TPSA) is 101 Å². The number of nitrogens with one attached hydrogen (secondary N) is 1. The number of hydrogen-bond donors (Lipinski definition) is 3. The average molecular weight is 293 g/mol. The van der Waals surface area contributed by atoms with Gasteiger partial charge in [0, 0.05) is 21.8 Å². The van der Waals surface area contributed by atoms with Crippen LogP contribution in [-0.4, -0.2) is 33.1 Å². The maximum absolute atomic E-state index is 11.5. The van der Waals surface area contributed by atoms with E-state index in [9.17, 15) is 9.90 Å². The van der Waals surface area contributed by atoms with Crippen LogP contribution in [0.15, 0.2) is 6.20 Å². The van der Waals surface area contributed by atoms with E-state index in [1.807, 2.05) is 0 Å². The van der Waals surface area contributed by atoms with Crippen molar-refractivity contribution in [1.29, 1.82) is 0 Å². The summed E-state index contributed by atoms with van der Waals surface area (Å²) in [6.45, 7) is -3.13. The Bertz CT molecular complexity index is 757. The third-order valence-corrected chi connectivity index (χ3v) is 2.64. The van der Waals surface area contributed by atoms with Crippen LogP contribution in [0.25, 0.3) is 0 Å². The van der Waals surface area contributed by atoms with Crippen molar-refractivity contribution in [2.45, 2.75) is 38.1 Å². The highest BCUT2D eigenvalue weighted by Crippen LogP contribution is 2.27. The Morgan fingerprint density at radius 1 is 1.84 bits per heavy atom. The average Bonchev–Trinajstić information content (AvgIpc) is 2.42. The van der Waals surface area contributed by atoms with Gasteiger partial charge in [-0.05, 0) is 36.7 Å². The van der Waals surface area contributed by atoms with Gasteiger partial charge in [-0.15, -0.1) is 0 Å². The van der Waals surface area contributed by atoms with Crippen LogP contribution < -0.4 is 11.1 Å². The molecule has 0 aliphatic heterocycles.